The molecule has 0 radical (unpaired) electrons. The van der Waals surface area contributed by atoms with Gasteiger partial charge in [-0.3, -0.25) is 4.79 Å². The van der Waals surface area contributed by atoms with Crippen molar-refractivity contribution in [2.24, 2.45) is 0 Å². The first-order valence-electron chi connectivity index (χ1n) is 8.13. The van der Waals surface area contributed by atoms with Crippen LogP contribution in [0, 0.1) is 25.2 Å². The Labute approximate surface area is 165 Å². The summed E-state index contributed by atoms with van der Waals surface area (Å²) in [7, 11) is 0. The second-order valence-electron chi connectivity index (χ2n) is 6.02. The maximum Gasteiger partial charge on any atom is 0.337 e. The third-order valence-corrected chi connectivity index (χ3v) is 4.28. The van der Waals surface area contributed by atoms with E-state index < -0.39 is 11.9 Å². The number of hydrogen-bond donors (Lipinski definition) is 1. The normalized spacial score (nSPS) is 11.3. The van der Waals surface area contributed by atoms with E-state index in [0.717, 1.165) is 4.68 Å². The maximum atomic E-state index is 12.5. The van der Waals surface area contributed by atoms with E-state index >= 15 is 0 Å². The number of allylic oxidation sites excluding steroid dienone is 1. The van der Waals surface area contributed by atoms with Gasteiger partial charge in [-0.15, -0.1) is 0 Å². The topological polar surface area (TPSA) is 109 Å². The monoisotopic (exact) mass is 395 g/mol. The molecule has 0 atom stereocenters. The number of carbonyl (C=O) groups is 2. The molecule has 0 spiro atoms. The lowest BCUT2D eigenvalue weighted by atomic mass is 10.1. The Bertz CT molecular complexity index is 1160. The smallest absolute Gasteiger partial charge is 0.337 e. The lowest BCUT2D eigenvalue weighted by Crippen LogP contribution is -2.15. The van der Waals surface area contributed by atoms with Crippen molar-refractivity contribution in [2.45, 2.75) is 13.8 Å². The summed E-state index contributed by atoms with van der Waals surface area (Å²) in [6.45, 7) is 3.47. The van der Waals surface area contributed by atoms with Crippen LogP contribution in [0.15, 0.2) is 46.4 Å². The largest absolute Gasteiger partial charge is 0.478 e. The fraction of sp³-hybridized carbons (Fsp3) is 0.100. The number of carboxylic acid groups (broad SMARTS) is 1. The SMILES string of the molecule is Cc1cc(C)n(C(=O)/C(C#N)=C/c2ccc(-c3ccc(Cl)c(C(=O)O)c3)o2)n1. The molecule has 0 aliphatic heterocycles. The molecule has 7 nitrogen and oxygen atoms in total. The van der Waals surface area contributed by atoms with Crippen molar-refractivity contribution in [1.82, 2.24) is 9.78 Å². The molecule has 0 fully saturated rings. The minimum absolute atomic E-state index is 0.0509. The van der Waals surface area contributed by atoms with Gasteiger partial charge in [-0.25, -0.2) is 9.48 Å². The molecule has 0 amide bonds. The molecule has 2 heterocycles. The molecule has 0 aliphatic carbocycles. The summed E-state index contributed by atoms with van der Waals surface area (Å²) >= 11 is 5.88. The van der Waals surface area contributed by atoms with Crippen molar-refractivity contribution < 1.29 is 19.1 Å². The number of nitriles is 1. The van der Waals surface area contributed by atoms with Gasteiger partial charge in [-0.05, 0) is 50.2 Å². The van der Waals surface area contributed by atoms with Gasteiger partial charge in [0.1, 0.15) is 23.2 Å². The standard InChI is InChI=1S/C20H14ClN3O4/c1-11-7-12(2)24(23-11)19(25)14(10-22)8-15-4-6-18(28-15)13-3-5-17(21)16(9-13)20(26)27/h3-9H,1-2H3,(H,26,27)/b14-8+. The number of aromatic carboxylic acids is 1. The van der Waals surface area contributed by atoms with Crippen LogP contribution >= 0.6 is 11.6 Å². The number of nitrogens with zero attached hydrogens (tertiary/aromatic N) is 3. The number of halogens is 1. The van der Waals surface area contributed by atoms with E-state index in [1.165, 1.54) is 18.2 Å². The quantitative estimate of drug-likeness (QED) is 0.519. The molecule has 0 bridgehead atoms. The summed E-state index contributed by atoms with van der Waals surface area (Å²) in [5, 5.41) is 22.7. The second-order valence-corrected chi connectivity index (χ2v) is 6.42. The van der Waals surface area contributed by atoms with E-state index in [9.17, 15) is 20.0 Å². The number of carboxylic acids is 1. The van der Waals surface area contributed by atoms with Gasteiger partial charge in [0, 0.05) is 17.3 Å². The van der Waals surface area contributed by atoms with Crippen molar-refractivity contribution in [2.75, 3.05) is 0 Å². The van der Waals surface area contributed by atoms with Crippen LogP contribution < -0.4 is 0 Å². The van der Waals surface area contributed by atoms with Crippen LogP contribution in [0.2, 0.25) is 5.02 Å². The average Bonchev–Trinajstić information content (AvgIpc) is 3.25. The molecular weight excluding hydrogens is 382 g/mol. The molecule has 8 heteroatoms. The first kappa shape index (κ1) is 19.1. The summed E-state index contributed by atoms with van der Waals surface area (Å²) in [4.78, 5) is 23.8. The van der Waals surface area contributed by atoms with E-state index in [4.69, 9.17) is 16.0 Å². The zero-order valence-electron chi connectivity index (χ0n) is 14.9. The van der Waals surface area contributed by atoms with Gasteiger partial charge in [-0.1, -0.05) is 11.6 Å². The first-order valence-corrected chi connectivity index (χ1v) is 8.50. The molecule has 1 N–H and O–H groups in total. The van der Waals surface area contributed by atoms with Crippen molar-refractivity contribution >= 4 is 29.6 Å². The lowest BCUT2D eigenvalue weighted by molar-refractivity contribution is 0.0697. The van der Waals surface area contributed by atoms with E-state index in [1.54, 1.807) is 38.1 Å². The van der Waals surface area contributed by atoms with Gasteiger partial charge in [0.2, 0.25) is 0 Å². The Balaban J connectivity index is 1.94. The number of aromatic nitrogens is 2. The molecule has 2 aromatic heterocycles. The summed E-state index contributed by atoms with van der Waals surface area (Å²) in [5.74, 6) is -1.07. The Morgan fingerprint density at radius 3 is 2.61 bits per heavy atom. The van der Waals surface area contributed by atoms with Crippen molar-refractivity contribution in [1.29, 1.82) is 5.26 Å². The van der Waals surface area contributed by atoms with Crippen LogP contribution in [0.4, 0.5) is 0 Å². The minimum Gasteiger partial charge on any atom is -0.478 e. The molecule has 140 valence electrons. The molecule has 0 aliphatic rings. The molecule has 1 aromatic carbocycles. The van der Waals surface area contributed by atoms with Gasteiger partial charge < -0.3 is 9.52 Å². The number of rotatable bonds is 4. The second kappa shape index (κ2) is 7.55. The molecule has 3 rings (SSSR count). The van der Waals surface area contributed by atoms with Gasteiger partial charge in [0.25, 0.3) is 5.91 Å². The van der Waals surface area contributed by atoms with Crippen molar-refractivity contribution in [3.63, 3.8) is 0 Å². The highest BCUT2D eigenvalue weighted by atomic mass is 35.5. The zero-order valence-corrected chi connectivity index (χ0v) is 15.7. The van der Waals surface area contributed by atoms with Gasteiger partial charge in [0.15, 0.2) is 0 Å². The molecule has 0 saturated carbocycles. The van der Waals surface area contributed by atoms with E-state index in [1.807, 2.05) is 6.07 Å². The number of carbonyl (C=O) groups excluding carboxylic acids is 1. The molecule has 28 heavy (non-hydrogen) atoms. The lowest BCUT2D eigenvalue weighted by Gasteiger charge is -2.02. The molecule has 3 aromatic rings. The third kappa shape index (κ3) is 3.72. The van der Waals surface area contributed by atoms with Crippen LogP contribution in [0.5, 0.6) is 0 Å². The van der Waals surface area contributed by atoms with Gasteiger partial charge in [-0.2, -0.15) is 10.4 Å². The number of benzene rings is 1. The average molecular weight is 396 g/mol. The van der Waals surface area contributed by atoms with E-state index in [2.05, 4.69) is 5.10 Å². The summed E-state index contributed by atoms with van der Waals surface area (Å²) in [6.07, 6.45) is 1.32. The Kier molecular flexibility index (Phi) is 5.16. The predicted octanol–water partition coefficient (Wildman–Crippen LogP) is 4.36. The Morgan fingerprint density at radius 2 is 2.00 bits per heavy atom. The fourth-order valence-electron chi connectivity index (χ4n) is 2.66. The summed E-state index contributed by atoms with van der Waals surface area (Å²) in [6, 6.07) is 11.3. The van der Waals surface area contributed by atoms with Gasteiger partial charge >= 0.3 is 5.97 Å². The number of hydrogen-bond acceptors (Lipinski definition) is 5. The molecule has 0 saturated heterocycles. The zero-order chi connectivity index (χ0) is 20.4. The summed E-state index contributed by atoms with van der Waals surface area (Å²) < 4.78 is 6.81. The van der Waals surface area contributed by atoms with Crippen LogP contribution in [0.25, 0.3) is 17.4 Å². The Morgan fingerprint density at radius 1 is 1.25 bits per heavy atom. The predicted molar refractivity (Wildman–Crippen MR) is 102 cm³/mol. The van der Waals surface area contributed by atoms with Crippen LogP contribution in [0.1, 0.15) is 32.3 Å². The van der Waals surface area contributed by atoms with E-state index in [-0.39, 0.29) is 21.9 Å². The van der Waals surface area contributed by atoms with Crippen LogP contribution in [-0.2, 0) is 0 Å². The highest BCUT2D eigenvalue weighted by Crippen LogP contribution is 2.27. The first-order chi connectivity index (χ1) is 13.3. The number of aryl methyl sites for hydroxylation is 2. The molecular formula is C20H14ClN3O4. The highest BCUT2D eigenvalue weighted by Gasteiger charge is 2.17. The van der Waals surface area contributed by atoms with Crippen LogP contribution in [0.3, 0.4) is 0 Å². The summed E-state index contributed by atoms with van der Waals surface area (Å²) in [5.41, 5.74) is 1.59. The third-order valence-electron chi connectivity index (χ3n) is 3.95. The van der Waals surface area contributed by atoms with Crippen molar-refractivity contribution in [3.8, 4) is 17.4 Å². The van der Waals surface area contributed by atoms with Crippen LogP contribution in [-0.4, -0.2) is 26.8 Å². The Hall–Kier alpha value is -3.63. The highest BCUT2D eigenvalue weighted by molar-refractivity contribution is 6.33. The van der Waals surface area contributed by atoms with Crippen molar-refractivity contribution in [3.05, 3.63) is 69.7 Å². The fourth-order valence-corrected chi connectivity index (χ4v) is 2.86. The minimum atomic E-state index is -1.15. The molecule has 0 unspecified atom stereocenters. The van der Waals surface area contributed by atoms with Gasteiger partial charge in [0.05, 0.1) is 16.3 Å². The van der Waals surface area contributed by atoms with E-state index in [0.29, 0.717) is 22.7 Å². The number of furan rings is 1. The maximum absolute atomic E-state index is 12.5.